The van der Waals surface area contributed by atoms with Crippen LogP contribution in [0.15, 0.2) is 23.1 Å². The molecule has 1 atom stereocenters. The van der Waals surface area contributed by atoms with E-state index in [1.165, 1.54) is 0 Å². The Bertz CT molecular complexity index is 616. The van der Waals surface area contributed by atoms with E-state index >= 15 is 0 Å². The van der Waals surface area contributed by atoms with Crippen molar-refractivity contribution in [1.82, 2.24) is 25.1 Å². The van der Waals surface area contributed by atoms with Gasteiger partial charge in [-0.15, -0.1) is 0 Å². The first-order valence-electron chi connectivity index (χ1n) is 6.20. The van der Waals surface area contributed by atoms with Crippen LogP contribution in [0.25, 0.3) is 0 Å². The van der Waals surface area contributed by atoms with Crippen LogP contribution in [0.1, 0.15) is 22.7 Å². The molecule has 0 radical (unpaired) electrons. The largest absolute Gasteiger partial charge is 0.378 e. The fraction of sp³-hybridized carbons (Fsp3) is 0.417. The van der Waals surface area contributed by atoms with E-state index in [-0.39, 0.29) is 5.91 Å². The summed E-state index contributed by atoms with van der Waals surface area (Å²) in [5.74, 6) is 0.453. The van der Waals surface area contributed by atoms with Crippen LogP contribution in [0.4, 0.5) is 0 Å². The minimum atomic E-state index is -0.614. The normalized spacial score (nSPS) is 22.1. The number of rotatable bonds is 3. The second-order valence-corrected chi connectivity index (χ2v) is 5.63. The van der Waals surface area contributed by atoms with Crippen LogP contribution in [-0.4, -0.2) is 38.9 Å². The van der Waals surface area contributed by atoms with Gasteiger partial charge in [-0.2, -0.15) is 5.10 Å². The molecule has 0 bridgehead atoms. The quantitative estimate of drug-likeness (QED) is 0.871. The van der Waals surface area contributed by atoms with Crippen molar-refractivity contribution in [1.29, 1.82) is 0 Å². The van der Waals surface area contributed by atoms with Gasteiger partial charge in [-0.1, -0.05) is 0 Å². The molecule has 2 aromatic heterocycles. The number of H-pyrrole nitrogens is 1. The summed E-state index contributed by atoms with van der Waals surface area (Å²) in [4.78, 5) is 19.7. The highest BCUT2D eigenvalue weighted by atomic mass is 79.9. The average molecular weight is 340 g/mol. The van der Waals surface area contributed by atoms with Gasteiger partial charge in [-0.05, 0) is 15.9 Å². The van der Waals surface area contributed by atoms with Gasteiger partial charge >= 0.3 is 0 Å². The number of aryl methyl sites for hydroxylation is 1. The van der Waals surface area contributed by atoms with Crippen molar-refractivity contribution in [3.8, 4) is 0 Å². The second kappa shape index (κ2) is 5.02. The van der Waals surface area contributed by atoms with Gasteiger partial charge in [0.25, 0.3) is 5.91 Å². The number of carbonyl (C=O) groups is 1. The SMILES string of the molecule is Cn1cc(Br)c(C(=O)NC2(c3ncc[nH]3)CCOC2)n1. The smallest absolute Gasteiger partial charge is 0.273 e. The molecule has 106 valence electrons. The molecule has 1 amide bonds. The lowest BCUT2D eigenvalue weighted by Crippen LogP contribution is -2.47. The number of amides is 1. The van der Waals surface area contributed by atoms with Crippen LogP contribution >= 0.6 is 15.9 Å². The van der Waals surface area contributed by atoms with E-state index in [2.05, 4.69) is 36.3 Å². The molecular formula is C12H14BrN5O2. The Morgan fingerprint density at radius 3 is 3.05 bits per heavy atom. The summed E-state index contributed by atoms with van der Waals surface area (Å²) in [6.45, 7) is 0.987. The zero-order valence-corrected chi connectivity index (χ0v) is 12.5. The first-order chi connectivity index (χ1) is 9.61. The lowest BCUT2D eigenvalue weighted by Gasteiger charge is -2.26. The molecule has 1 unspecified atom stereocenters. The van der Waals surface area contributed by atoms with Gasteiger partial charge in [0, 0.05) is 38.7 Å². The number of hydrogen-bond donors (Lipinski definition) is 2. The number of nitrogens with zero attached hydrogens (tertiary/aromatic N) is 3. The summed E-state index contributed by atoms with van der Waals surface area (Å²) in [6, 6.07) is 0. The molecule has 2 aromatic rings. The predicted octanol–water partition coefficient (Wildman–Crippen LogP) is 0.951. The van der Waals surface area contributed by atoms with Crippen molar-refractivity contribution in [3.63, 3.8) is 0 Å². The number of aromatic amines is 1. The van der Waals surface area contributed by atoms with Gasteiger partial charge in [0.15, 0.2) is 5.69 Å². The molecule has 0 saturated carbocycles. The molecule has 0 aliphatic carbocycles. The fourth-order valence-corrected chi connectivity index (χ4v) is 2.88. The molecule has 2 N–H and O–H groups in total. The van der Waals surface area contributed by atoms with Crippen molar-refractivity contribution in [2.45, 2.75) is 12.0 Å². The summed E-state index contributed by atoms with van der Waals surface area (Å²) >= 11 is 3.33. The number of imidazole rings is 1. The van der Waals surface area contributed by atoms with Crippen molar-refractivity contribution < 1.29 is 9.53 Å². The van der Waals surface area contributed by atoms with Gasteiger partial charge in [-0.3, -0.25) is 9.48 Å². The van der Waals surface area contributed by atoms with E-state index in [4.69, 9.17) is 4.74 Å². The van der Waals surface area contributed by atoms with Crippen molar-refractivity contribution in [2.24, 2.45) is 7.05 Å². The van der Waals surface area contributed by atoms with Crippen LogP contribution in [0.2, 0.25) is 0 Å². The maximum absolute atomic E-state index is 12.4. The molecule has 1 saturated heterocycles. The maximum Gasteiger partial charge on any atom is 0.273 e. The van der Waals surface area contributed by atoms with E-state index in [1.54, 1.807) is 30.3 Å². The molecule has 20 heavy (non-hydrogen) atoms. The van der Waals surface area contributed by atoms with Crippen LogP contribution < -0.4 is 5.32 Å². The van der Waals surface area contributed by atoms with Gasteiger partial charge in [-0.25, -0.2) is 4.98 Å². The van der Waals surface area contributed by atoms with Crippen molar-refractivity contribution in [3.05, 3.63) is 34.6 Å². The second-order valence-electron chi connectivity index (χ2n) is 4.78. The first kappa shape index (κ1) is 13.3. The zero-order valence-electron chi connectivity index (χ0n) is 10.9. The Morgan fingerprint density at radius 1 is 1.65 bits per heavy atom. The third-order valence-electron chi connectivity index (χ3n) is 3.33. The van der Waals surface area contributed by atoms with E-state index in [1.807, 2.05) is 0 Å². The highest BCUT2D eigenvalue weighted by Gasteiger charge is 2.41. The van der Waals surface area contributed by atoms with Crippen molar-refractivity contribution in [2.75, 3.05) is 13.2 Å². The van der Waals surface area contributed by atoms with Crippen molar-refractivity contribution >= 4 is 21.8 Å². The average Bonchev–Trinajstić information content (AvgIpc) is 3.10. The number of nitrogens with one attached hydrogen (secondary N) is 2. The Labute approximate surface area is 123 Å². The summed E-state index contributed by atoms with van der Waals surface area (Å²) < 4.78 is 7.69. The molecule has 7 nitrogen and oxygen atoms in total. The fourth-order valence-electron chi connectivity index (χ4n) is 2.33. The summed E-state index contributed by atoms with van der Waals surface area (Å²) in [6.07, 6.45) is 5.81. The molecule has 0 spiro atoms. The monoisotopic (exact) mass is 339 g/mol. The number of hydrogen-bond acceptors (Lipinski definition) is 4. The molecule has 0 aromatic carbocycles. The van der Waals surface area contributed by atoms with E-state index < -0.39 is 5.54 Å². The number of halogens is 1. The minimum Gasteiger partial charge on any atom is -0.378 e. The predicted molar refractivity (Wildman–Crippen MR) is 74.1 cm³/mol. The standard InChI is InChI=1S/C12H14BrN5O2/c1-18-6-8(13)9(17-18)10(19)16-12(2-5-20-7-12)11-14-3-4-15-11/h3-4,6H,2,5,7H2,1H3,(H,14,15)(H,16,19). The third kappa shape index (κ3) is 2.25. The Kier molecular flexibility index (Phi) is 3.35. The third-order valence-corrected chi connectivity index (χ3v) is 3.91. The van der Waals surface area contributed by atoms with E-state index in [9.17, 15) is 4.79 Å². The lowest BCUT2D eigenvalue weighted by atomic mass is 9.97. The number of ether oxygens (including phenoxy) is 1. The summed E-state index contributed by atoms with van der Waals surface area (Å²) in [5, 5.41) is 7.15. The van der Waals surface area contributed by atoms with Crippen LogP contribution in [0.3, 0.4) is 0 Å². The molecule has 1 fully saturated rings. The Morgan fingerprint density at radius 2 is 2.50 bits per heavy atom. The molecule has 3 rings (SSSR count). The molecular weight excluding hydrogens is 326 g/mol. The van der Waals surface area contributed by atoms with Gasteiger partial charge in [0.05, 0.1) is 11.1 Å². The lowest BCUT2D eigenvalue weighted by molar-refractivity contribution is 0.0863. The molecule has 1 aliphatic heterocycles. The topological polar surface area (TPSA) is 84.8 Å². The van der Waals surface area contributed by atoms with Crippen LogP contribution in [0.5, 0.6) is 0 Å². The summed E-state index contributed by atoms with van der Waals surface area (Å²) in [5.41, 5.74) is -0.261. The van der Waals surface area contributed by atoms with Crippen LogP contribution in [0, 0.1) is 0 Å². The van der Waals surface area contributed by atoms with Gasteiger partial charge < -0.3 is 15.0 Å². The molecule has 1 aliphatic rings. The number of carbonyl (C=O) groups excluding carboxylic acids is 1. The number of aromatic nitrogens is 4. The highest BCUT2D eigenvalue weighted by molar-refractivity contribution is 9.10. The minimum absolute atomic E-state index is 0.251. The van der Waals surface area contributed by atoms with Gasteiger partial charge in [0.1, 0.15) is 11.4 Å². The zero-order chi connectivity index (χ0) is 14.2. The Balaban J connectivity index is 1.88. The first-order valence-corrected chi connectivity index (χ1v) is 6.99. The van der Waals surface area contributed by atoms with Gasteiger partial charge in [0.2, 0.25) is 0 Å². The molecule has 3 heterocycles. The highest BCUT2D eigenvalue weighted by Crippen LogP contribution is 2.28. The Hall–Kier alpha value is -1.67. The van der Waals surface area contributed by atoms with Crippen LogP contribution in [-0.2, 0) is 17.3 Å². The summed E-state index contributed by atoms with van der Waals surface area (Å²) in [7, 11) is 1.77. The van der Waals surface area contributed by atoms with E-state index in [0.717, 1.165) is 0 Å². The maximum atomic E-state index is 12.4. The van der Waals surface area contributed by atoms with E-state index in [0.29, 0.717) is 35.6 Å². The molecule has 8 heteroatoms.